The third-order valence-corrected chi connectivity index (χ3v) is 1.14. The maximum absolute atomic E-state index is 10.6. The van der Waals surface area contributed by atoms with Crippen molar-refractivity contribution in [1.82, 2.24) is 15.4 Å². The molecule has 1 heterocycles. The number of hydrogen-bond donors (Lipinski definition) is 2. The predicted octanol–water partition coefficient (Wildman–Crippen LogP) is -0.988. The fourth-order valence-corrected chi connectivity index (χ4v) is 0.634. The average molecular weight is 153 g/mol. The van der Waals surface area contributed by atoms with Crippen molar-refractivity contribution in [3.8, 4) is 0 Å². The minimum Gasteiger partial charge on any atom is -0.385 e. The molecule has 0 radical (unpaired) electrons. The largest absolute Gasteiger partial charge is 0.385 e. The van der Waals surface area contributed by atoms with Crippen molar-refractivity contribution in [3.63, 3.8) is 0 Å². The summed E-state index contributed by atoms with van der Waals surface area (Å²) in [5, 5.41) is 12.9. The van der Waals surface area contributed by atoms with Crippen molar-refractivity contribution >= 4 is 11.6 Å². The highest BCUT2D eigenvalue weighted by Gasteiger charge is 2.08. The van der Waals surface area contributed by atoms with Gasteiger partial charge in [-0.25, -0.2) is 0 Å². The van der Waals surface area contributed by atoms with Crippen LogP contribution in [0.3, 0.4) is 0 Å². The lowest BCUT2D eigenvalue weighted by Gasteiger charge is -2.00. The van der Waals surface area contributed by atoms with Gasteiger partial charge in [0.15, 0.2) is 5.69 Å². The van der Waals surface area contributed by atoms with Crippen molar-refractivity contribution in [1.29, 1.82) is 0 Å². The molecular formula is C5H7N5O. The molecule has 11 heavy (non-hydrogen) atoms. The van der Waals surface area contributed by atoms with E-state index in [2.05, 4.69) is 20.7 Å². The molecule has 1 aromatic heterocycles. The van der Waals surface area contributed by atoms with Crippen molar-refractivity contribution in [2.45, 2.75) is 0 Å². The Morgan fingerprint density at radius 1 is 1.73 bits per heavy atom. The molecule has 1 amide bonds. The van der Waals surface area contributed by atoms with Crippen LogP contribution < -0.4 is 11.1 Å². The fraction of sp³-hybridized carbons (Fsp3) is 0.200. The maximum Gasteiger partial charge on any atom is 0.271 e. The number of nitrogens with zero attached hydrogens (tertiary/aromatic N) is 3. The summed E-state index contributed by atoms with van der Waals surface area (Å²) in [6.07, 6.45) is 1.38. The summed E-state index contributed by atoms with van der Waals surface area (Å²) in [7, 11) is 1.64. The summed E-state index contributed by atoms with van der Waals surface area (Å²) in [5.41, 5.74) is 5.56. The minimum atomic E-state index is -0.621. The summed E-state index contributed by atoms with van der Waals surface area (Å²) in [4.78, 5) is 10.6. The predicted molar refractivity (Wildman–Crippen MR) is 37.9 cm³/mol. The summed E-state index contributed by atoms with van der Waals surface area (Å²) < 4.78 is 0. The van der Waals surface area contributed by atoms with E-state index < -0.39 is 5.91 Å². The SMILES string of the molecule is CNc1cnnnc1C(N)=O. The van der Waals surface area contributed by atoms with Gasteiger partial charge >= 0.3 is 0 Å². The molecule has 0 aliphatic heterocycles. The normalized spacial score (nSPS) is 9.18. The van der Waals surface area contributed by atoms with E-state index in [0.717, 1.165) is 0 Å². The average Bonchev–Trinajstić information content (AvgIpc) is 2.04. The van der Waals surface area contributed by atoms with E-state index in [1.165, 1.54) is 6.20 Å². The van der Waals surface area contributed by atoms with Crippen LogP contribution in [-0.4, -0.2) is 28.4 Å². The van der Waals surface area contributed by atoms with E-state index in [1.807, 2.05) is 0 Å². The van der Waals surface area contributed by atoms with E-state index in [4.69, 9.17) is 5.73 Å². The van der Waals surface area contributed by atoms with Crippen molar-refractivity contribution < 1.29 is 4.79 Å². The number of primary amides is 1. The number of rotatable bonds is 2. The second kappa shape index (κ2) is 2.91. The Hall–Kier alpha value is -1.72. The molecule has 1 aromatic rings. The summed E-state index contributed by atoms with van der Waals surface area (Å²) in [6, 6.07) is 0. The van der Waals surface area contributed by atoms with Gasteiger partial charge in [0.05, 0.1) is 11.9 Å². The van der Waals surface area contributed by atoms with Crippen LogP contribution in [0, 0.1) is 0 Å². The second-order valence-electron chi connectivity index (χ2n) is 1.81. The molecule has 0 spiro atoms. The highest BCUT2D eigenvalue weighted by molar-refractivity contribution is 5.95. The Labute approximate surface area is 62.8 Å². The number of amides is 1. The smallest absolute Gasteiger partial charge is 0.271 e. The zero-order valence-corrected chi connectivity index (χ0v) is 5.90. The first kappa shape index (κ1) is 7.39. The number of aromatic nitrogens is 3. The number of hydrogen-bond acceptors (Lipinski definition) is 5. The Kier molecular flexibility index (Phi) is 1.95. The van der Waals surface area contributed by atoms with E-state index in [1.54, 1.807) is 7.05 Å². The monoisotopic (exact) mass is 153 g/mol. The lowest BCUT2D eigenvalue weighted by atomic mass is 10.3. The molecule has 0 atom stereocenters. The van der Waals surface area contributed by atoms with Gasteiger partial charge < -0.3 is 11.1 Å². The third kappa shape index (κ3) is 1.40. The molecule has 58 valence electrons. The van der Waals surface area contributed by atoms with Gasteiger partial charge in [-0.2, -0.15) is 0 Å². The van der Waals surface area contributed by atoms with Gasteiger partial charge in [-0.15, -0.1) is 10.2 Å². The van der Waals surface area contributed by atoms with Gasteiger partial charge in [0, 0.05) is 7.05 Å². The van der Waals surface area contributed by atoms with Gasteiger partial charge in [-0.3, -0.25) is 4.79 Å². The molecule has 0 saturated carbocycles. The van der Waals surface area contributed by atoms with E-state index in [0.29, 0.717) is 5.69 Å². The highest BCUT2D eigenvalue weighted by Crippen LogP contribution is 2.06. The topological polar surface area (TPSA) is 93.8 Å². The Balaban J connectivity index is 3.12. The van der Waals surface area contributed by atoms with E-state index in [9.17, 15) is 4.79 Å². The molecule has 0 saturated heterocycles. The summed E-state index contributed by atoms with van der Waals surface area (Å²) in [6.45, 7) is 0. The van der Waals surface area contributed by atoms with Gasteiger partial charge in [0.25, 0.3) is 5.91 Å². The van der Waals surface area contributed by atoms with Crippen LogP contribution in [-0.2, 0) is 0 Å². The van der Waals surface area contributed by atoms with Gasteiger partial charge in [-0.1, -0.05) is 0 Å². The van der Waals surface area contributed by atoms with Crippen LogP contribution in [0.2, 0.25) is 0 Å². The zero-order chi connectivity index (χ0) is 8.27. The van der Waals surface area contributed by atoms with Crippen molar-refractivity contribution in [3.05, 3.63) is 11.9 Å². The third-order valence-electron chi connectivity index (χ3n) is 1.14. The van der Waals surface area contributed by atoms with Crippen molar-refractivity contribution in [2.24, 2.45) is 5.73 Å². The van der Waals surface area contributed by atoms with Crippen molar-refractivity contribution in [2.75, 3.05) is 12.4 Å². The van der Waals surface area contributed by atoms with Crippen LogP contribution >= 0.6 is 0 Å². The lowest BCUT2D eigenvalue weighted by Crippen LogP contribution is -2.16. The number of nitrogens with one attached hydrogen (secondary N) is 1. The first-order valence-corrected chi connectivity index (χ1v) is 2.91. The van der Waals surface area contributed by atoms with E-state index in [-0.39, 0.29) is 5.69 Å². The van der Waals surface area contributed by atoms with Crippen LogP contribution in [0.25, 0.3) is 0 Å². The second-order valence-corrected chi connectivity index (χ2v) is 1.81. The fourth-order valence-electron chi connectivity index (χ4n) is 0.634. The van der Waals surface area contributed by atoms with Crippen LogP contribution in [0.1, 0.15) is 10.5 Å². The Morgan fingerprint density at radius 3 is 2.91 bits per heavy atom. The molecule has 3 N–H and O–H groups in total. The number of carbonyl (C=O) groups is 1. The molecule has 1 rings (SSSR count). The molecular weight excluding hydrogens is 146 g/mol. The maximum atomic E-state index is 10.6. The summed E-state index contributed by atoms with van der Waals surface area (Å²) >= 11 is 0. The van der Waals surface area contributed by atoms with Gasteiger partial charge in [0.2, 0.25) is 0 Å². The standard InChI is InChI=1S/C5H7N5O/c1-7-3-2-8-10-9-4(3)5(6)11/h2H,1H3,(H2,6,11)(H,7,10). The number of anilines is 1. The lowest BCUT2D eigenvalue weighted by molar-refractivity contribution is 0.0995. The molecule has 0 aliphatic carbocycles. The highest BCUT2D eigenvalue weighted by atomic mass is 16.1. The van der Waals surface area contributed by atoms with Crippen LogP contribution in [0.15, 0.2) is 6.20 Å². The Morgan fingerprint density at radius 2 is 2.45 bits per heavy atom. The van der Waals surface area contributed by atoms with Gasteiger partial charge in [-0.05, 0) is 5.21 Å². The molecule has 0 fully saturated rings. The molecule has 0 bridgehead atoms. The van der Waals surface area contributed by atoms with E-state index >= 15 is 0 Å². The molecule has 6 nitrogen and oxygen atoms in total. The first-order valence-electron chi connectivity index (χ1n) is 2.91. The summed E-state index contributed by atoms with van der Waals surface area (Å²) in [5.74, 6) is -0.621. The van der Waals surface area contributed by atoms with Crippen LogP contribution in [0.5, 0.6) is 0 Å². The van der Waals surface area contributed by atoms with Gasteiger partial charge in [0.1, 0.15) is 0 Å². The molecule has 0 aromatic carbocycles. The minimum absolute atomic E-state index is 0.0995. The molecule has 6 heteroatoms. The molecule has 0 unspecified atom stereocenters. The quantitative estimate of drug-likeness (QED) is 0.569. The zero-order valence-electron chi connectivity index (χ0n) is 5.90. The number of carbonyl (C=O) groups excluding carboxylic acids is 1. The van der Waals surface area contributed by atoms with Crippen LogP contribution in [0.4, 0.5) is 5.69 Å². The number of nitrogens with two attached hydrogens (primary N) is 1. The molecule has 0 aliphatic rings. The first-order chi connectivity index (χ1) is 5.25. The Bertz CT molecular complexity index is 273.